The zero-order valence-electron chi connectivity index (χ0n) is 9.73. The molecule has 2 bridgehead atoms. The van der Waals surface area contributed by atoms with Gasteiger partial charge in [-0.15, -0.1) is 0 Å². The minimum Gasteiger partial charge on any atom is -0.399 e. The number of morpholine rings is 1. The lowest BCUT2D eigenvalue weighted by atomic mass is 10.1. The molecule has 2 aliphatic heterocycles. The third-order valence-electron chi connectivity index (χ3n) is 3.51. The lowest BCUT2D eigenvalue weighted by molar-refractivity contribution is -0.0410. The van der Waals surface area contributed by atoms with Crippen LogP contribution in [0.4, 0.5) is 5.69 Å². The highest BCUT2D eigenvalue weighted by Crippen LogP contribution is 2.27. The zero-order chi connectivity index (χ0) is 11.8. The van der Waals surface area contributed by atoms with E-state index in [0.29, 0.717) is 12.2 Å². The highest BCUT2D eigenvalue weighted by atomic mass is 35.5. The number of halogens is 1. The van der Waals surface area contributed by atoms with Gasteiger partial charge >= 0.3 is 0 Å². The highest BCUT2D eigenvalue weighted by Gasteiger charge is 2.33. The second kappa shape index (κ2) is 4.48. The minimum atomic E-state index is 0.435. The summed E-state index contributed by atoms with van der Waals surface area (Å²) in [5.41, 5.74) is 7.73. The number of hydrogen-bond donors (Lipinski definition) is 1. The molecule has 2 heterocycles. The Morgan fingerprint density at radius 3 is 2.59 bits per heavy atom. The van der Waals surface area contributed by atoms with Gasteiger partial charge in [0.2, 0.25) is 0 Å². The molecule has 3 nitrogen and oxygen atoms in total. The monoisotopic (exact) mass is 252 g/mol. The number of nitrogens with zero attached hydrogens (tertiary/aromatic N) is 1. The number of rotatable bonds is 2. The molecular formula is C13H17ClN2O. The van der Waals surface area contributed by atoms with Crippen molar-refractivity contribution < 1.29 is 4.74 Å². The van der Waals surface area contributed by atoms with Crippen molar-refractivity contribution in [3.63, 3.8) is 0 Å². The maximum Gasteiger partial charge on any atom is 0.0707 e. The lowest BCUT2D eigenvalue weighted by Crippen LogP contribution is -2.41. The van der Waals surface area contributed by atoms with Gasteiger partial charge in [-0.05, 0) is 36.6 Å². The van der Waals surface area contributed by atoms with E-state index in [1.54, 1.807) is 6.07 Å². The van der Waals surface area contributed by atoms with Crippen molar-refractivity contribution in [2.45, 2.75) is 31.6 Å². The smallest absolute Gasteiger partial charge is 0.0707 e. The molecule has 2 unspecified atom stereocenters. The van der Waals surface area contributed by atoms with Crippen molar-refractivity contribution in [3.05, 3.63) is 28.8 Å². The fourth-order valence-corrected chi connectivity index (χ4v) is 3.12. The van der Waals surface area contributed by atoms with E-state index in [-0.39, 0.29) is 0 Å². The SMILES string of the molecule is Nc1cc(Cl)cc(CN2CC3CCC(C2)O3)c1. The van der Waals surface area contributed by atoms with Crippen molar-refractivity contribution in [2.24, 2.45) is 0 Å². The first kappa shape index (κ1) is 11.3. The molecular weight excluding hydrogens is 236 g/mol. The number of nitrogens with two attached hydrogens (primary N) is 1. The van der Waals surface area contributed by atoms with E-state index in [4.69, 9.17) is 22.1 Å². The normalized spacial score (nSPS) is 28.5. The molecule has 0 aliphatic carbocycles. The van der Waals surface area contributed by atoms with Gasteiger partial charge in [-0.2, -0.15) is 0 Å². The summed E-state index contributed by atoms with van der Waals surface area (Å²) in [5.74, 6) is 0. The molecule has 2 atom stereocenters. The van der Waals surface area contributed by atoms with Gasteiger partial charge in [-0.1, -0.05) is 11.6 Å². The van der Waals surface area contributed by atoms with Gasteiger partial charge in [0.1, 0.15) is 0 Å². The molecule has 2 saturated heterocycles. The number of nitrogen functional groups attached to an aromatic ring is 1. The first-order valence-corrected chi connectivity index (χ1v) is 6.49. The zero-order valence-corrected chi connectivity index (χ0v) is 10.5. The van der Waals surface area contributed by atoms with Crippen molar-refractivity contribution in [1.82, 2.24) is 4.90 Å². The summed E-state index contributed by atoms with van der Waals surface area (Å²) >= 11 is 6.01. The summed E-state index contributed by atoms with van der Waals surface area (Å²) in [7, 11) is 0. The maximum atomic E-state index is 6.01. The van der Waals surface area contributed by atoms with Crippen molar-refractivity contribution in [3.8, 4) is 0 Å². The van der Waals surface area contributed by atoms with Crippen LogP contribution in [0.5, 0.6) is 0 Å². The molecule has 0 aromatic heterocycles. The fraction of sp³-hybridized carbons (Fsp3) is 0.538. The Morgan fingerprint density at radius 1 is 1.24 bits per heavy atom. The molecule has 92 valence electrons. The van der Waals surface area contributed by atoms with Crippen LogP contribution in [0.2, 0.25) is 5.02 Å². The molecule has 1 aromatic carbocycles. The van der Waals surface area contributed by atoms with Gasteiger partial charge in [-0.25, -0.2) is 0 Å². The first-order valence-electron chi connectivity index (χ1n) is 6.12. The van der Waals surface area contributed by atoms with Gasteiger partial charge in [-0.3, -0.25) is 4.90 Å². The van der Waals surface area contributed by atoms with Crippen molar-refractivity contribution in [2.75, 3.05) is 18.8 Å². The van der Waals surface area contributed by atoms with E-state index in [1.165, 1.54) is 18.4 Å². The average molecular weight is 253 g/mol. The van der Waals surface area contributed by atoms with Crippen LogP contribution < -0.4 is 5.73 Å². The molecule has 0 radical (unpaired) electrons. The van der Waals surface area contributed by atoms with Gasteiger partial charge in [0.25, 0.3) is 0 Å². The highest BCUT2D eigenvalue weighted by molar-refractivity contribution is 6.30. The van der Waals surface area contributed by atoms with Crippen LogP contribution in [0.25, 0.3) is 0 Å². The van der Waals surface area contributed by atoms with Crippen LogP contribution >= 0.6 is 11.6 Å². The topological polar surface area (TPSA) is 38.5 Å². The average Bonchev–Trinajstić information content (AvgIpc) is 2.56. The molecule has 4 heteroatoms. The standard InChI is InChI=1S/C13H17ClN2O/c14-10-3-9(4-11(15)5-10)6-16-7-12-1-2-13(8-16)17-12/h3-5,12-13H,1-2,6-8,15H2. The van der Waals surface area contributed by atoms with Crippen LogP contribution in [0.15, 0.2) is 18.2 Å². The lowest BCUT2D eigenvalue weighted by Gasteiger charge is -2.32. The quantitative estimate of drug-likeness (QED) is 0.821. The number of fused-ring (bicyclic) bond motifs is 2. The summed E-state index contributed by atoms with van der Waals surface area (Å²) in [6, 6.07) is 5.78. The van der Waals surface area contributed by atoms with Crippen molar-refractivity contribution in [1.29, 1.82) is 0 Å². The Morgan fingerprint density at radius 2 is 1.94 bits per heavy atom. The van der Waals surface area contributed by atoms with Gasteiger partial charge < -0.3 is 10.5 Å². The molecule has 17 heavy (non-hydrogen) atoms. The van der Waals surface area contributed by atoms with Crippen LogP contribution in [-0.4, -0.2) is 30.2 Å². The largest absolute Gasteiger partial charge is 0.399 e. The van der Waals surface area contributed by atoms with Crippen molar-refractivity contribution >= 4 is 17.3 Å². The Kier molecular flexibility index (Phi) is 2.99. The fourth-order valence-electron chi connectivity index (χ4n) is 2.85. The van der Waals surface area contributed by atoms with E-state index in [2.05, 4.69) is 4.90 Å². The summed E-state index contributed by atoms with van der Waals surface area (Å²) in [5, 5.41) is 0.719. The van der Waals surface area contributed by atoms with Gasteiger partial charge in [0.05, 0.1) is 12.2 Å². The van der Waals surface area contributed by atoms with Crippen LogP contribution in [0.1, 0.15) is 18.4 Å². The molecule has 2 fully saturated rings. The molecule has 2 aliphatic rings. The summed E-state index contributed by atoms with van der Waals surface area (Å²) < 4.78 is 5.82. The van der Waals surface area contributed by atoms with Gasteiger partial charge in [0, 0.05) is 30.3 Å². The molecule has 0 saturated carbocycles. The minimum absolute atomic E-state index is 0.435. The number of ether oxygens (including phenoxy) is 1. The number of benzene rings is 1. The molecule has 1 aromatic rings. The Bertz CT molecular complexity index is 392. The second-order valence-corrected chi connectivity index (χ2v) is 5.48. The molecule has 3 rings (SSSR count). The van der Waals surface area contributed by atoms with Crippen LogP contribution in [-0.2, 0) is 11.3 Å². The predicted molar refractivity (Wildman–Crippen MR) is 69.0 cm³/mol. The summed E-state index contributed by atoms with van der Waals surface area (Å²) in [4.78, 5) is 2.44. The van der Waals surface area contributed by atoms with E-state index >= 15 is 0 Å². The first-order chi connectivity index (χ1) is 8.19. The third kappa shape index (κ3) is 2.57. The van der Waals surface area contributed by atoms with E-state index in [0.717, 1.165) is 30.3 Å². The van der Waals surface area contributed by atoms with E-state index < -0.39 is 0 Å². The van der Waals surface area contributed by atoms with Crippen LogP contribution in [0.3, 0.4) is 0 Å². The Hall–Kier alpha value is -0.770. The van der Waals surface area contributed by atoms with E-state index in [1.807, 2.05) is 12.1 Å². The Balaban J connectivity index is 1.70. The summed E-state index contributed by atoms with van der Waals surface area (Å²) in [6.07, 6.45) is 3.29. The molecule has 0 spiro atoms. The Labute approximate surface area is 106 Å². The third-order valence-corrected chi connectivity index (χ3v) is 3.72. The second-order valence-electron chi connectivity index (χ2n) is 5.04. The van der Waals surface area contributed by atoms with Crippen LogP contribution in [0, 0.1) is 0 Å². The maximum absolute atomic E-state index is 6.01. The number of hydrogen-bond acceptors (Lipinski definition) is 3. The molecule has 2 N–H and O–H groups in total. The van der Waals surface area contributed by atoms with E-state index in [9.17, 15) is 0 Å². The molecule has 0 amide bonds. The number of anilines is 1. The number of likely N-dealkylation sites (tertiary alicyclic amines) is 1. The van der Waals surface area contributed by atoms with Gasteiger partial charge in [0.15, 0.2) is 0 Å². The predicted octanol–water partition coefficient (Wildman–Crippen LogP) is 2.29. The summed E-state index contributed by atoms with van der Waals surface area (Å²) in [6.45, 7) is 2.98.